The minimum atomic E-state index is -0.389. The van der Waals surface area contributed by atoms with Crippen LogP contribution in [0.1, 0.15) is 42.5 Å². The van der Waals surface area contributed by atoms with E-state index in [0.717, 1.165) is 29.9 Å². The number of phenolic OH excluding ortho intramolecular Hbond substituents is 1. The fourth-order valence-corrected chi connectivity index (χ4v) is 5.00. The molecule has 2 N–H and O–H groups in total. The van der Waals surface area contributed by atoms with Gasteiger partial charge in [-0.25, -0.2) is 5.43 Å². The second-order valence-electron chi connectivity index (χ2n) is 6.97. The normalized spacial score (nSPS) is 33.0. The van der Waals surface area contributed by atoms with E-state index in [1.165, 1.54) is 32.8 Å². The number of amides is 1. The molecule has 4 rings (SSSR count). The van der Waals surface area contributed by atoms with Crippen molar-refractivity contribution >= 4 is 11.6 Å². The number of hydrazone groups is 1. The third-order valence-corrected chi connectivity index (χ3v) is 5.97. The predicted octanol–water partition coefficient (Wildman–Crippen LogP) is 2.94. The van der Waals surface area contributed by atoms with Gasteiger partial charge in [0.25, 0.3) is 5.91 Å². The molecule has 23 heavy (non-hydrogen) atoms. The highest BCUT2D eigenvalue weighted by molar-refractivity contribution is 5.99. The molecule has 4 atom stereocenters. The summed E-state index contributed by atoms with van der Waals surface area (Å²) in [5.41, 5.74) is 3.97. The summed E-state index contributed by atoms with van der Waals surface area (Å²) in [4.78, 5) is 12.3. The Morgan fingerprint density at radius 1 is 1.35 bits per heavy atom. The van der Waals surface area contributed by atoms with Gasteiger partial charge in [0.05, 0.1) is 12.7 Å². The van der Waals surface area contributed by atoms with Crippen molar-refractivity contribution in [3.8, 4) is 11.5 Å². The SMILES string of the molecule is COc1cccc(C(=O)N/N=C2\CC3CC2C2CCCC32)c1O. The number of benzene rings is 1. The first kappa shape index (κ1) is 14.5. The number of methoxy groups -OCH3 is 1. The van der Waals surface area contributed by atoms with Crippen LogP contribution in [0.25, 0.3) is 0 Å². The molecule has 3 aliphatic rings. The number of fused-ring (bicyclic) bond motifs is 5. The van der Waals surface area contributed by atoms with Crippen LogP contribution in [-0.4, -0.2) is 23.8 Å². The van der Waals surface area contributed by atoms with Crippen LogP contribution in [0, 0.1) is 23.7 Å². The number of aromatic hydroxyl groups is 1. The zero-order chi connectivity index (χ0) is 16.0. The second-order valence-corrected chi connectivity index (χ2v) is 6.97. The van der Waals surface area contributed by atoms with Crippen molar-refractivity contribution in [1.82, 2.24) is 5.43 Å². The van der Waals surface area contributed by atoms with E-state index < -0.39 is 0 Å². The van der Waals surface area contributed by atoms with Gasteiger partial charge in [0, 0.05) is 11.6 Å². The molecule has 0 saturated heterocycles. The van der Waals surface area contributed by atoms with Gasteiger partial charge < -0.3 is 9.84 Å². The van der Waals surface area contributed by atoms with Crippen molar-refractivity contribution in [2.75, 3.05) is 7.11 Å². The molecule has 3 aliphatic carbocycles. The fourth-order valence-electron chi connectivity index (χ4n) is 5.00. The molecule has 1 amide bonds. The van der Waals surface area contributed by atoms with Crippen molar-refractivity contribution in [2.24, 2.45) is 28.8 Å². The molecule has 0 radical (unpaired) electrons. The number of phenols is 1. The summed E-state index contributed by atoms with van der Waals surface area (Å²) in [6.07, 6.45) is 6.31. The number of para-hydroxylation sites is 1. The van der Waals surface area contributed by atoms with Crippen LogP contribution in [0.2, 0.25) is 0 Å². The van der Waals surface area contributed by atoms with Gasteiger partial charge in [-0.1, -0.05) is 12.5 Å². The second kappa shape index (κ2) is 5.55. The van der Waals surface area contributed by atoms with Crippen LogP contribution in [0.4, 0.5) is 0 Å². The summed E-state index contributed by atoms with van der Waals surface area (Å²) in [7, 11) is 1.46. The molecule has 0 aromatic heterocycles. The van der Waals surface area contributed by atoms with Gasteiger partial charge in [0.1, 0.15) is 0 Å². The number of carbonyl (C=O) groups excluding carboxylic acids is 1. The minimum absolute atomic E-state index is 0.142. The van der Waals surface area contributed by atoms with E-state index in [2.05, 4.69) is 10.5 Å². The maximum Gasteiger partial charge on any atom is 0.275 e. The van der Waals surface area contributed by atoms with E-state index >= 15 is 0 Å². The number of rotatable bonds is 3. The highest BCUT2D eigenvalue weighted by atomic mass is 16.5. The summed E-state index contributed by atoms with van der Waals surface area (Å²) in [6.45, 7) is 0. The van der Waals surface area contributed by atoms with Crippen molar-refractivity contribution < 1.29 is 14.6 Å². The number of nitrogens with zero attached hydrogens (tertiary/aromatic N) is 1. The van der Waals surface area contributed by atoms with Crippen LogP contribution in [0.3, 0.4) is 0 Å². The van der Waals surface area contributed by atoms with E-state index in [9.17, 15) is 9.90 Å². The van der Waals surface area contributed by atoms with E-state index in [4.69, 9.17) is 4.74 Å². The van der Waals surface area contributed by atoms with E-state index in [1.54, 1.807) is 18.2 Å². The Balaban J connectivity index is 1.48. The molecule has 1 aromatic rings. The highest BCUT2D eigenvalue weighted by Gasteiger charge is 2.52. The number of hydrogen-bond donors (Lipinski definition) is 2. The predicted molar refractivity (Wildman–Crippen MR) is 86.6 cm³/mol. The monoisotopic (exact) mass is 314 g/mol. The molecule has 122 valence electrons. The van der Waals surface area contributed by atoms with Crippen LogP contribution in [0.15, 0.2) is 23.3 Å². The summed E-state index contributed by atoms with van der Waals surface area (Å²) in [5, 5.41) is 14.4. The van der Waals surface area contributed by atoms with Crippen molar-refractivity contribution in [3.63, 3.8) is 0 Å². The summed E-state index contributed by atoms with van der Waals surface area (Å²) < 4.78 is 5.04. The maximum atomic E-state index is 12.3. The van der Waals surface area contributed by atoms with Gasteiger partial charge in [-0.05, 0) is 55.6 Å². The Morgan fingerprint density at radius 3 is 3.00 bits per heavy atom. The topological polar surface area (TPSA) is 70.9 Å². The lowest BCUT2D eigenvalue weighted by atomic mass is 9.81. The first-order valence-corrected chi connectivity index (χ1v) is 8.41. The quantitative estimate of drug-likeness (QED) is 0.843. The molecule has 3 fully saturated rings. The van der Waals surface area contributed by atoms with E-state index in [-0.39, 0.29) is 17.2 Å². The van der Waals surface area contributed by atoms with Crippen LogP contribution < -0.4 is 10.2 Å². The van der Waals surface area contributed by atoms with Gasteiger partial charge in [-0.2, -0.15) is 5.10 Å². The van der Waals surface area contributed by atoms with Gasteiger partial charge in [-0.3, -0.25) is 4.79 Å². The van der Waals surface area contributed by atoms with E-state index in [0.29, 0.717) is 11.7 Å². The third-order valence-electron chi connectivity index (χ3n) is 5.97. The van der Waals surface area contributed by atoms with E-state index in [1.807, 2.05) is 0 Å². The Labute approximate surface area is 135 Å². The number of ether oxygens (including phenoxy) is 1. The van der Waals surface area contributed by atoms with Gasteiger partial charge in [0.2, 0.25) is 0 Å². The molecule has 0 spiro atoms. The van der Waals surface area contributed by atoms with Crippen molar-refractivity contribution in [2.45, 2.75) is 32.1 Å². The molecule has 1 aromatic carbocycles. The molecule has 3 saturated carbocycles. The van der Waals surface area contributed by atoms with Crippen LogP contribution >= 0.6 is 0 Å². The molecule has 5 nitrogen and oxygen atoms in total. The Hall–Kier alpha value is -2.04. The number of hydrogen-bond acceptors (Lipinski definition) is 4. The molecule has 4 unspecified atom stereocenters. The Bertz CT molecular complexity index is 670. The lowest BCUT2D eigenvalue weighted by Crippen LogP contribution is -2.28. The van der Waals surface area contributed by atoms with Gasteiger partial charge >= 0.3 is 0 Å². The van der Waals surface area contributed by atoms with Crippen LogP contribution in [0.5, 0.6) is 11.5 Å². The van der Waals surface area contributed by atoms with Gasteiger partial charge in [0.15, 0.2) is 11.5 Å². The lowest BCUT2D eigenvalue weighted by molar-refractivity contribution is 0.0951. The fraction of sp³-hybridized carbons (Fsp3) is 0.556. The maximum absolute atomic E-state index is 12.3. The minimum Gasteiger partial charge on any atom is -0.504 e. The first-order valence-electron chi connectivity index (χ1n) is 8.41. The average Bonchev–Trinajstić information content (AvgIpc) is 3.25. The number of carbonyl (C=O) groups is 1. The standard InChI is InChI=1S/C18H22N2O3/c1-23-16-7-3-6-13(17(16)21)18(22)20-19-15-9-10-8-14(15)12-5-2-4-11(10)12/h3,6-7,10-12,14,21H,2,4-5,8-9H2,1H3,(H,20,22)/b19-15+. The molecule has 0 aliphatic heterocycles. The summed E-state index contributed by atoms with van der Waals surface area (Å²) in [5.74, 6) is 2.78. The third kappa shape index (κ3) is 2.30. The lowest BCUT2D eigenvalue weighted by Gasteiger charge is -2.25. The zero-order valence-corrected chi connectivity index (χ0v) is 13.3. The summed E-state index contributed by atoms with van der Waals surface area (Å²) in [6, 6.07) is 4.87. The Kier molecular flexibility index (Phi) is 3.51. The zero-order valence-electron chi connectivity index (χ0n) is 13.3. The Morgan fingerprint density at radius 2 is 2.17 bits per heavy atom. The molecule has 5 heteroatoms. The molecule has 2 bridgehead atoms. The van der Waals surface area contributed by atoms with Crippen molar-refractivity contribution in [1.29, 1.82) is 0 Å². The van der Waals surface area contributed by atoms with Crippen LogP contribution in [-0.2, 0) is 0 Å². The highest BCUT2D eigenvalue weighted by Crippen LogP contribution is 2.57. The average molecular weight is 314 g/mol. The number of nitrogens with one attached hydrogen (secondary N) is 1. The molecular formula is C18H22N2O3. The smallest absolute Gasteiger partial charge is 0.275 e. The molecular weight excluding hydrogens is 292 g/mol. The van der Waals surface area contributed by atoms with Crippen molar-refractivity contribution in [3.05, 3.63) is 23.8 Å². The molecule has 0 heterocycles. The largest absolute Gasteiger partial charge is 0.504 e. The first-order chi connectivity index (χ1) is 11.2. The summed E-state index contributed by atoms with van der Waals surface area (Å²) >= 11 is 0. The van der Waals surface area contributed by atoms with Gasteiger partial charge in [-0.15, -0.1) is 0 Å².